The van der Waals surface area contributed by atoms with Crippen molar-refractivity contribution in [2.45, 2.75) is 13.5 Å². The van der Waals surface area contributed by atoms with Crippen molar-refractivity contribution in [1.29, 1.82) is 0 Å². The molecule has 0 aliphatic heterocycles. The lowest BCUT2D eigenvalue weighted by Gasteiger charge is -2.09. The molecule has 0 radical (unpaired) electrons. The number of hydrogen-bond acceptors (Lipinski definition) is 3. The Bertz CT molecular complexity index is 982. The van der Waals surface area contributed by atoms with Gasteiger partial charge in [-0.25, -0.2) is 0 Å². The predicted molar refractivity (Wildman–Crippen MR) is 101 cm³/mol. The van der Waals surface area contributed by atoms with E-state index in [-0.39, 0.29) is 0 Å². The maximum atomic E-state index is 5.26. The zero-order chi connectivity index (χ0) is 16.5. The highest BCUT2D eigenvalue weighted by atomic mass is 32.1. The highest BCUT2D eigenvalue weighted by Crippen LogP contribution is 2.39. The van der Waals surface area contributed by atoms with Crippen LogP contribution < -0.4 is 4.74 Å². The van der Waals surface area contributed by atoms with Crippen LogP contribution in [0.2, 0.25) is 0 Å². The highest BCUT2D eigenvalue weighted by Gasteiger charge is 2.15. The molecule has 0 aliphatic carbocycles. The molecule has 2 aromatic carbocycles. The van der Waals surface area contributed by atoms with Gasteiger partial charge in [0.25, 0.3) is 0 Å². The second kappa shape index (κ2) is 6.13. The van der Waals surface area contributed by atoms with E-state index in [9.17, 15) is 0 Å². The van der Waals surface area contributed by atoms with Gasteiger partial charge in [-0.1, -0.05) is 30.3 Å². The van der Waals surface area contributed by atoms with E-state index < -0.39 is 0 Å². The number of aromatic nitrogens is 2. The van der Waals surface area contributed by atoms with Gasteiger partial charge < -0.3 is 9.30 Å². The first-order chi connectivity index (χ1) is 11.8. The van der Waals surface area contributed by atoms with E-state index in [4.69, 9.17) is 4.74 Å². The molecule has 4 rings (SSSR count). The minimum Gasteiger partial charge on any atom is -0.497 e. The summed E-state index contributed by atoms with van der Waals surface area (Å²) in [6, 6.07) is 16.8. The van der Waals surface area contributed by atoms with Gasteiger partial charge in [0, 0.05) is 35.5 Å². The fraction of sp³-hybridized carbons (Fsp3) is 0.150. The third-order valence-electron chi connectivity index (χ3n) is 4.35. The number of para-hydroxylation sites is 1. The van der Waals surface area contributed by atoms with Crippen molar-refractivity contribution in [1.82, 2.24) is 8.94 Å². The first kappa shape index (κ1) is 15.0. The fourth-order valence-electron chi connectivity index (χ4n) is 3.12. The minimum absolute atomic E-state index is 0.866. The van der Waals surface area contributed by atoms with Crippen LogP contribution in [0.25, 0.3) is 32.5 Å². The highest BCUT2D eigenvalue weighted by molar-refractivity contribution is 7.10. The van der Waals surface area contributed by atoms with Crippen LogP contribution in [-0.4, -0.2) is 16.1 Å². The molecule has 0 atom stereocenters. The molecule has 3 nitrogen and oxygen atoms in total. The molecule has 24 heavy (non-hydrogen) atoms. The van der Waals surface area contributed by atoms with E-state index in [0.29, 0.717) is 0 Å². The lowest BCUT2D eigenvalue weighted by atomic mass is 10.0. The summed E-state index contributed by atoms with van der Waals surface area (Å²) < 4.78 is 12.0. The van der Waals surface area contributed by atoms with Crippen molar-refractivity contribution < 1.29 is 4.74 Å². The molecule has 0 saturated heterocycles. The third-order valence-corrected chi connectivity index (χ3v) is 5.18. The largest absolute Gasteiger partial charge is 0.497 e. The van der Waals surface area contributed by atoms with Gasteiger partial charge in [0.2, 0.25) is 0 Å². The van der Waals surface area contributed by atoms with Crippen molar-refractivity contribution in [2.75, 3.05) is 7.11 Å². The van der Waals surface area contributed by atoms with E-state index in [1.54, 1.807) is 18.6 Å². The number of nitrogens with zero attached hydrogens (tertiary/aromatic N) is 2. The molecule has 0 fully saturated rings. The second-order valence-electron chi connectivity index (χ2n) is 5.64. The number of fused-ring (bicyclic) bond motifs is 1. The van der Waals surface area contributed by atoms with E-state index in [0.717, 1.165) is 17.9 Å². The van der Waals surface area contributed by atoms with Gasteiger partial charge in [0.1, 0.15) is 5.75 Å². The monoisotopic (exact) mass is 334 g/mol. The summed E-state index contributed by atoms with van der Waals surface area (Å²) in [5, 5.41) is 1.27. The molecule has 0 saturated carbocycles. The molecule has 0 amide bonds. The Morgan fingerprint density at radius 3 is 2.62 bits per heavy atom. The second-order valence-corrected chi connectivity index (χ2v) is 6.44. The molecule has 0 bridgehead atoms. The van der Waals surface area contributed by atoms with Crippen LogP contribution in [0.3, 0.4) is 0 Å². The third kappa shape index (κ3) is 2.39. The standard InChI is InChI=1S/C20H18N2OS/c1-3-22-12-11-15-5-4-6-17(19(15)22)20-18(13-21-24-20)14-7-9-16(23-2)10-8-14/h4-13H,3H2,1-2H3. The first-order valence-corrected chi connectivity index (χ1v) is 8.76. The van der Waals surface area contributed by atoms with Crippen LogP contribution in [0.1, 0.15) is 6.92 Å². The molecule has 0 spiro atoms. The van der Waals surface area contributed by atoms with Crippen molar-refractivity contribution >= 4 is 22.4 Å². The van der Waals surface area contributed by atoms with Gasteiger partial charge in [-0.15, -0.1) is 0 Å². The molecule has 2 aromatic heterocycles. The molecule has 120 valence electrons. The number of benzene rings is 2. The van der Waals surface area contributed by atoms with Gasteiger partial charge in [-0.05, 0) is 42.2 Å². The Labute approximate surface area is 145 Å². The Morgan fingerprint density at radius 2 is 1.88 bits per heavy atom. The number of aryl methyl sites for hydroxylation is 1. The minimum atomic E-state index is 0.866. The average molecular weight is 334 g/mol. The summed E-state index contributed by atoms with van der Waals surface area (Å²) in [7, 11) is 1.69. The quantitative estimate of drug-likeness (QED) is 0.495. The molecular weight excluding hydrogens is 316 g/mol. The summed E-state index contributed by atoms with van der Waals surface area (Å²) in [5.41, 5.74) is 4.84. The number of ether oxygens (including phenoxy) is 1. The summed E-state index contributed by atoms with van der Waals surface area (Å²) >= 11 is 1.55. The van der Waals surface area contributed by atoms with Crippen LogP contribution in [0.15, 0.2) is 60.9 Å². The van der Waals surface area contributed by atoms with E-state index in [1.807, 2.05) is 18.3 Å². The lowest BCUT2D eigenvalue weighted by molar-refractivity contribution is 0.415. The van der Waals surface area contributed by atoms with Crippen LogP contribution in [-0.2, 0) is 6.54 Å². The van der Waals surface area contributed by atoms with Crippen molar-refractivity contribution in [3.8, 4) is 27.3 Å². The first-order valence-electron chi connectivity index (χ1n) is 7.99. The van der Waals surface area contributed by atoms with Gasteiger partial charge in [0.15, 0.2) is 0 Å². The van der Waals surface area contributed by atoms with Crippen molar-refractivity contribution in [3.05, 3.63) is 60.9 Å². The van der Waals surface area contributed by atoms with Crippen LogP contribution in [0, 0.1) is 0 Å². The van der Waals surface area contributed by atoms with E-state index in [1.165, 1.54) is 26.9 Å². The van der Waals surface area contributed by atoms with Crippen LogP contribution in [0.4, 0.5) is 0 Å². The van der Waals surface area contributed by atoms with E-state index in [2.05, 4.69) is 58.5 Å². The number of methoxy groups -OCH3 is 1. The summed E-state index contributed by atoms with van der Waals surface area (Å²) in [5.74, 6) is 0.866. The van der Waals surface area contributed by atoms with Crippen molar-refractivity contribution in [3.63, 3.8) is 0 Å². The number of hydrogen-bond donors (Lipinski definition) is 0. The molecular formula is C20H18N2OS. The smallest absolute Gasteiger partial charge is 0.118 e. The normalized spacial score (nSPS) is 11.1. The van der Waals surface area contributed by atoms with Gasteiger partial charge in [-0.3, -0.25) is 0 Å². The fourth-order valence-corrected chi connectivity index (χ4v) is 3.91. The molecule has 0 unspecified atom stereocenters. The SMILES string of the molecule is CCn1ccc2cccc(-c3sncc3-c3ccc(OC)cc3)c21. The molecule has 2 heterocycles. The maximum Gasteiger partial charge on any atom is 0.118 e. The van der Waals surface area contributed by atoms with Gasteiger partial charge in [-0.2, -0.15) is 4.37 Å². The van der Waals surface area contributed by atoms with E-state index >= 15 is 0 Å². The Morgan fingerprint density at radius 1 is 1.04 bits per heavy atom. The summed E-state index contributed by atoms with van der Waals surface area (Å²) in [6.45, 7) is 3.13. The Balaban J connectivity index is 1.90. The number of rotatable bonds is 4. The van der Waals surface area contributed by atoms with Crippen LogP contribution >= 0.6 is 11.5 Å². The predicted octanol–water partition coefficient (Wildman–Crippen LogP) is 5.46. The molecule has 4 aromatic rings. The van der Waals surface area contributed by atoms with Crippen LogP contribution in [0.5, 0.6) is 5.75 Å². The average Bonchev–Trinajstić information content (AvgIpc) is 3.28. The topological polar surface area (TPSA) is 27.1 Å². The van der Waals surface area contributed by atoms with Gasteiger partial charge in [0.05, 0.1) is 17.5 Å². The zero-order valence-electron chi connectivity index (χ0n) is 13.7. The van der Waals surface area contributed by atoms with Crippen molar-refractivity contribution in [2.24, 2.45) is 0 Å². The molecule has 0 N–H and O–H groups in total. The Hall–Kier alpha value is -2.59. The maximum absolute atomic E-state index is 5.26. The Kier molecular flexibility index (Phi) is 3.82. The summed E-state index contributed by atoms with van der Waals surface area (Å²) in [6.07, 6.45) is 4.11. The zero-order valence-corrected chi connectivity index (χ0v) is 14.5. The lowest BCUT2D eigenvalue weighted by Crippen LogP contribution is -1.93. The molecule has 0 aliphatic rings. The summed E-state index contributed by atoms with van der Waals surface area (Å²) in [4.78, 5) is 1.21. The van der Waals surface area contributed by atoms with Gasteiger partial charge >= 0.3 is 0 Å². The molecule has 4 heteroatoms.